The van der Waals surface area contributed by atoms with Crippen molar-refractivity contribution in [2.45, 2.75) is 51.6 Å². The second-order valence-electron chi connectivity index (χ2n) is 4.61. The minimum atomic E-state index is -0.868. The van der Waals surface area contributed by atoms with Gasteiger partial charge in [0.15, 0.2) is 0 Å². The lowest BCUT2D eigenvalue weighted by Crippen LogP contribution is -2.44. The van der Waals surface area contributed by atoms with Gasteiger partial charge < -0.3 is 10.4 Å². The van der Waals surface area contributed by atoms with E-state index >= 15 is 0 Å². The lowest BCUT2D eigenvalue weighted by Gasteiger charge is -2.21. The number of nitrogens with one attached hydrogen (secondary N) is 1. The summed E-state index contributed by atoms with van der Waals surface area (Å²) in [4.78, 5) is 24.2. The van der Waals surface area contributed by atoms with Gasteiger partial charge in [0.05, 0.1) is 13.1 Å². The minimum absolute atomic E-state index is 0.0407. The Hall–Kier alpha value is -1.10. The van der Waals surface area contributed by atoms with Gasteiger partial charge in [0, 0.05) is 12.1 Å². The van der Waals surface area contributed by atoms with Crippen LogP contribution < -0.4 is 5.32 Å². The molecule has 1 rings (SSSR count). The second-order valence-corrected chi connectivity index (χ2v) is 4.61. The predicted molar refractivity (Wildman–Crippen MR) is 64.7 cm³/mol. The fourth-order valence-electron chi connectivity index (χ4n) is 1.88. The highest BCUT2D eigenvalue weighted by Gasteiger charge is 2.31. The smallest absolute Gasteiger partial charge is 0.317 e. The molecule has 0 aromatic carbocycles. The number of carbonyl (C=O) groups is 2. The Morgan fingerprint density at radius 2 is 1.88 bits per heavy atom. The molecule has 2 N–H and O–H groups in total. The van der Waals surface area contributed by atoms with E-state index in [4.69, 9.17) is 5.11 Å². The lowest BCUT2D eigenvalue weighted by atomic mass is 10.2. The van der Waals surface area contributed by atoms with Gasteiger partial charge in [-0.15, -0.1) is 0 Å². The summed E-state index contributed by atoms with van der Waals surface area (Å²) in [5.74, 6) is -0.931. The van der Waals surface area contributed by atoms with Crippen molar-refractivity contribution in [2.75, 3.05) is 13.1 Å². The van der Waals surface area contributed by atoms with Crippen LogP contribution >= 0.6 is 0 Å². The minimum Gasteiger partial charge on any atom is -0.480 e. The van der Waals surface area contributed by atoms with Gasteiger partial charge in [0.1, 0.15) is 0 Å². The molecule has 1 fully saturated rings. The van der Waals surface area contributed by atoms with Crippen LogP contribution in [0.5, 0.6) is 0 Å². The molecule has 1 aliphatic carbocycles. The monoisotopic (exact) mass is 242 g/mol. The number of aliphatic carboxylic acids is 1. The summed E-state index contributed by atoms with van der Waals surface area (Å²) < 4.78 is 0. The van der Waals surface area contributed by atoms with Crippen molar-refractivity contribution in [1.82, 2.24) is 10.2 Å². The van der Waals surface area contributed by atoms with Crippen molar-refractivity contribution >= 4 is 11.9 Å². The van der Waals surface area contributed by atoms with E-state index in [-0.39, 0.29) is 25.0 Å². The van der Waals surface area contributed by atoms with Crippen molar-refractivity contribution in [1.29, 1.82) is 0 Å². The van der Waals surface area contributed by atoms with Gasteiger partial charge in [-0.2, -0.15) is 0 Å². The fourth-order valence-corrected chi connectivity index (χ4v) is 1.88. The maximum absolute atomic E-state index is 11.7. The Labute approximate surface area is 102 Å². The van der Waals surface area contributed by atoms with E-state index in [1.54, 1.807) is 4.90 Å². The number of carboxylic acids is 1. The summed E-state index contributed by atoms with van der Waals surface area (Å²) in [7, 11) is 0. The SMILES string of the molecule is CCC(CC)NC(=O)CN(CC(=O)O)C1CC1. The predicted octanol–water partition coefficient (Wildman–Crippen LogP) is 0.840. The zero-order valence-electron chi connectivity index (χ0n) is 10.6. The zero-order chi connectivity index (χ0) is 12.8. The van der Waals surface area contributed by atoms with E-state index < -0.39 is 5.97 Å². The standard InChI is InChI=1S/C12H22N2O3/c1-3-9(4-2)13-11(15)7-14(8-12(16)17)10-5-6-10/h9-10H,3-8H2,1-2H3,(H,13,15)(H,16,17). The molecule has 0 atom stereocenters. The van der Waals surface area contributed by atoms with E-state index in [0.29, 0.717) is 6.04 Å². The van der Waals surface area contributed by atoms with Gasteiger partial charge in [0.2, 0.25) is 5.91 Å². The van der Waals surface area contributed by atoms with Crippen molar-refractivity contribution in [3.63, 3.8) is 0 Å². The summed E-state index contributed by atoms with van der Waals surface area (Å²) in [5, 5.41) is 11.7. The highest BCUT2D eigenvalue weighted by atomic mass is 16.4. The molecule has 0 bridgehead atoms. The van der Waals surface area contributed by atoms with E-state index in [9.17, 15) is 9.59 Å². The van der Waals surface area contributed by atoms with Crippen LogP contribution in [0.4, 0.5) is 0 Å². The first-order chi connectivity index (χ1) is 8.06. The number of carboxylic acid groups (broad SMARTS) is 1. The number of rotatable bonds is 8. The molecule has 0 saturated heterocycles. The quantitative estimate of drug-likeness (QED) is 0.662. The van der Waals surface area contributed by atoms with E-state index in [0.717, 1.165) is 25.7 Å². The maximum Gasteiger partial charge on any atom is 0.317 e. The fraction of sp³-hybridized carbons (Fsp3) is 0.833. The molecule has 0 heterocycles. The Kier molecular flexibility index (Phi) is 5.41. The first-order valence-corrected chi connectivity index (χ1v) is 6.32. The van der Waals surface area contributed by atoms with Crippen molar-refractivity contribution in [3.8, 4) is 0 Å². The normalized spacial score (nSPS) is 15.3. The van der Waals surface area contributed by atoms with Gasteiger partial charge in [-0.25, -0.2) is 0 Å². The van der Waals surface area contributed by atoms with Gasteiger partial charge in [0.25, 0.3) is 0 Å². The Balaban J connectivity index is 2.38. The van der Waals surface area contributed by atoms with Crippen LogP contribution in [0.3, 0.4) is 0 Å². The molecule has 5 nitrogen and oxygen atoms in total. The third kappa shape index (κ3) is 5.17. The summed E-state index contributed by atoms with van der Waals surface area (Å²) in [5.41, 5.74) is 0. The molecular weight excluding hydrogens is 220 g/mol. The van der Waals surface area contributed by atoms with Gasteiger partial charge in [-0.3, -0.25) is 14.5 Å². The van der Waals surface area contributed by atoms with Crippen molar-refractivity contribution < 1.29 is 14.7 Å². The molecule has 5 heteroatoms. The molecular formula is C12H22N2O3. The summed E-state index contributed by atoms with van der Waals surface area (Å²) in [6.45, 7) is 4.23. The van der Waals surface area contributed by atoms with Crippen LogP contribution in [-0.4, -0.2) is 47.1 Å². The Morgan fingerprint density at radius 1 is 1.29 bits per heavy atom. The van der Waals surface area contributed by atoms with Crippen LogP contribution in [0.25, 0.3) is 0 Å². The van der Waals surface area contributed by atoms with Crippen molar-refractivity contribution in [3.05, 3.63) is 0 Å². The number of carbonyl (C=O) groups excluding carboxylic acids is 1. The van der Waals surface area contributed by atoms with Crippen LogP contribution in [0.1, 0.15) is 39.5 Å². The van der Waals surface area contributed by atoms with Gasteiger partial charge in [-0.1, -0.05) is 13.8 Å². The van der Waals surface area contributed by atoms with Crippen LogP contribution in [-0.2, 0) is 9.59 Å². The summed E-state index contributed by atoms with van der Waals surface area (Å²) >= 11 is 0. The first-order valence-electron chi connectivity index (χ1n) is 6.32. The zero-order valence-corrected chi connectivity index (χ0v) is 10.6. The largest absolute Gasteiger partial charge is 0.480 e. The van der Waals surface area contributed by atoms with Crippen LogP contribution in [0.2, 0.25) is 0 Å². The van der Waals surface area contributed by atoms with Gasteiger partial charge in [-0.05, 0) is 25.7 Å². The summed E-state index contributed by atoms with van der Waals surface area (Å²) in [6.07, 6.45) is 3.83. The van der Waals surface area contributed by atoms with Crippen LogP contribution in [0, 0.1) is 0 Å². The molecule has 1 aliphatic rings. The first kappa shape index (κ1) is 14.0. The number of amides is 1. The topological polar surface area (TPSA) is 69.6 Å². The van der Waals surface area contributed by atoms with Crippen molar-refractivity contribution in [2.24, 2.45) is 0 Å². The van der Waals surface area contributed by atoms with Crippen LogP contribution in [0.15, 0.2) is 0 Å². The van der Waals surface area contributed by atoms with Gasteiger partial charge >= 0.3 is 5.97 Å². The highest BCUT2D eigenvalue weighted by Crippen LogP contribution is 2.26. The van der Waals surface area contributed by atoms with E-state index in [2.05, 4.69) is 5.32 Å². The molecule has 0 radical (unpaired) electrons. The average Bonchev–Trinajstić information content (AvgIpc) is 3.08. The number of hydrogen-bond acceptors (Lipinski definition) is 3. The Morgan fingerprint density at radius 3 is 2.29 bits per heavy atom. The van der Waals surface area contributed by atoms with E-state index in [1.165, 1.54) is 0 Å². The molecule has 98 valence electrons. The number of hydrogen-bond donors (Lipinski definition) is 2. The lowest BCUT2D eigenvalue weighted by molar-refractivity contribution is -0.139. The molecule has 0 spiro atoms. The second kappa shape index (κ2) is 6.59. The third-order valence-corrected chi connectivity index (χ3v) is 3.10. The molecule has 0 aromatic rings. The molecule has 1 saturated carbocycles. The molecule has 17 heavy (non-hydrogen) atoms. The maximum atomic E-state index is 11.7. The van der Waals surface area contributed by atoms with E-state index in [1.807, 2.05) is 13.8 Å². The Bertz CT molecular complexity index is 273. The molecule has 0 aliphatic heterocycles. The number of nitrogens with zero attached hydrogens (tertiary/aromatic N) is 1. The highest BCUT2D eigenvalue weighted by molar-refractivity contribution is 5.79. The molecule has 0 aromatic heterocycles. The third-order valence-electron chi connectivity index (χ3n) is 3.10. The average molecular weight is 242 g/mol. The summed E-state index contributed by atoms with van der Waals surface area (Å²) in [6, 6.07) is 0.493. The molecule has 0 unspecified atom stereocenters. The molecule has 1 amide bonds.